The van der Waals surface area contributed by atoms with Crippen LogP contribution < -0.4 is 16.6 Å². The number of anilines is 1. The van der Waals surface area contributed by atoms with Gasteiger partial charge in [0.05, 0.1) is 3.57 Å². The second-order valence-electron chi connectivity index (χ2n) is 4.04. The summed E-state index contributed by atoms with van der Waals surface area (Å²) in [5, 5.41) is 2.27. The van der Waals surface area contributed by atoms with Gasteiger partial charge in [-0.25, -0.2) is 13.6 Å². The second kappa shape index (κ2) is 6.16. The molecule has 2 rings (SSSR count). The Morgan fingerprint density at radius 2 is 1.90 bits per heavy atom. The Hall–Kier alpha value is -2.04. The Bertz CT molecular complexity index is 793. The summed E-state index contributed by atoms with van der Waals surface area (Å²) in [7, 11) is 0. The van der Waals surface area contributed by atoms with Crippen molar-refractivity contribution in [3.8, 4) is 0 Å². The molecule has 0 bridgehead atoms. The lowest BCUT2D eigenvalue weighted by Gasteiger charge is -2.08. The topological polar surface area (TPSA) is 84.0 Å². The van der Waals surface area contributed by atoms with E-state index in [1.165, 1.54) is 22.6 Å². The van der Waals surface area contributed by atoms with Crippen LogP contribution in [0.1, 0.15) is 0 Å². The van der Waals surface area contributed by atoms with Crippen molar-refractivity contribution in [1.82, 2.24) is 9.55 Å². The number of aromatic nitrogens is 2. The van der Waals surface area contributed by atoms with Crippen molar-refractivity contribution in [2.24, 2.45) is 0 Å². The highest BCUT2D eigenvalue weighted by Gasteiger charge is 2.11. The number of aromatic amines is 1. The van der Waals surface area contributed by atoms with Crippen molar-refractivity contribution < 1.29 is 13.6 Å². The molecule has 0 saturated carbocycles. The number of carbonyl (C=O) groups excluding carboxylic acids is 1. The zero-order chi connectivity index (χ0) is 15.6. The SMILES string of the molecule is O=C(Cn1ccc(=O)[nH]c1=O)Nc1cc(F)c(I)c(F)c1. The zero-order valence-electron chi connectivity index (χ0n) is 10.3. The molecule has 0 fully saturated rings. The average Bonchev–Trinajstić information content (AvgIpc) is 2.39. The number of rotatable bonds is 3. The van der Waals surface area contributed by atoms with Gasteiger partial charge < -0.3 is 5.32 Å². The number of nitrogens with zero attached hydrogens (tertiary/aromatic N) is 1. The van der Waals surface area contributed by atoms with Gasteiger partial charge >= 0.3 is 5.69 Å². The molecule has 0 aliphatic heterocycles. The molecule has 0 unspecified atom stereocenters. The molecule has 1 amide bonds. The lowest BCUT2D eigenvalue weighted by atomic mass is 10.3. The highest BCUT2D eigenvalue weighted by Crippen LogP contribution is 2.20. The molecule has 0 radical (unpaired) electrons. The Morgan fingerprint density at radius 3 is 2.48 bits per heavy atom. The third kappa shape index (κ3) is 3.74. The summed E-state index contributed by atoms with van der Waals surface area (Å²) in [5.41, 5.74) is -1.40. The molecule has 6 nitrogen and oxygen atoms in total. The van der Waals surface area contributed by atoms with Crippen LogP contribution in [0.2, 0.25) is 0 Å². The first-order valence-corrected chi connectivity index (χ1v) is 6.69. The van der Waals surface area contributed by atoms with Crippen LogP contribution in [0, 0.1) is 15.2 Å². The summed E-state index contributed by atoms with van der Waals surface area (Å²) < 4.78 is 27.4. The average molecular weight is 407 g/mol. The molecule has 0 aliphatic carbocycles. The highest BCUT2D eigenvalue weighted by atomic mass is 127. The normalized spacial score (nSPS) is 10.4. The maximum atomic E-state index is 13.3. The van der Waals surface area contributed by atoms with E-state index < -0.39 is 35.3 Å². The van der Waals surface area contributed by atoms with Gasteiger partial charge in [-0.05, 0) is 34.7 Å². The minimum Gasteiger partial charge on any atom is -0.324 e. The summed E-state index contributed by atoms with van der Waals surface area (Å²) in [5.74, 6) is -2.26. The third-order valence-electron chi connectivity index (χ3n) is 2.48. The predicted molar refractivity (Wildman–Crippen MR) is 79.0 cm³/mol. The van der Waals surface area contributed by atoms with Crippen LogP contribution in [0.3, 0.4) is 0 Å². The van der Waals surface area contributed by atoms with E-state index in [0.29, 0.717) is 0 Å². The van der Waals surface area contributed by atoms with Gasteiger partial charge in [0.2, 0.25) is 5.91 Å². The fourth-order valence-corrected chi connectivity index (χ4v) is 1.86. The molecule has 0 spiro atoms. The lowest BCUT2D eigenvalue weighted by molar-refractivity contribution is -0.116. The van der Waals surface area contributed by atoms with Crippen LogP contribution in [0.25, 0.3) is 0 Å². The first-order valence-electron chi connectivity index (χ1n) is 5.61. The molecule has 0 atom stereocenters. The summed E-state index contributed by atoms with van der Waals surface area (Å²) in [6.07, 6.45) is 1.15. The first kappa shape index (κ1) is 15.4. The van der Waals surface area contributed by atoms with Crippen LogP contribution in [0.15, 0.2) is 34.0 Å². The van der Waals surface area contributed by atoms with Crippen molar-refractivity contribution in [1.29, 1.82) is 0 Å². The Morgan fingerprint density at radius 1 is 1.29 bits per heavy atom. The molecule has 2 aromatic rings. The van der Waals surface area contributed by atoms with Gasteiger partial charge in [0.1, 0.15) is 18.2 Å². The van der Waals surface area contributed by atoms with E-state index in [4.69, 9.17) is 0 Å². The monoisotopic (exact) mass is 407 g/mol. The van der Waals surface area contributed by atoms with Crippen molar-refractivity contribution >= 4 is 34.2 Å². The fourth-order valence-electron chi connectivity index (χ4n) is 1.55. The number of H-pyrrole nitrogens is 1. The summed E-state index contributed by atoms with van der Waals surface area (Å²) in [6.45, 7) is -0.398. The second-order valence-corrected chi connectivity index (χ2v) is 5.12. The van der Waals surface area contributed by atoms with Crippen LogP contribution in [-0.4, -0.2) is 15.5 Å². The Kier molecular flexibility index (Phi) is 4.50. The molecular formula is C12H8F2IN3O3. The van der Waals surface area contributed by atoms with Crippen LogP contribution >= 0.6 is 22.6 Å². The van der Waals surface area contributed by atoms with Crippen LogP contribution in [0.4, 0.5) is 14.5 Å². The minimum atomic E-state index is -0.799. The number of carbonyl (C=O) groups is 1. The quantitative estimate of drug-likeness (QED) is 0.590. The van der Waals surface area contributed by atoms with Crippen LogP contribution in [0.5, 0.6) is 0 Å². The number of nitrogens with one attached hydrogen (secondary N) is 2. The maximum Gasteiger partial charge on any atom is 0.328 e. The summed E-state index contributed by atoms with van der Waals surface area (Å²) >= 11 is 1.50. The largest absolute Gasteiger partial charge is 0.328 e. The van der Waals surface area contributed by atoms with Gasteiger partial charge in [-0.15, -0.1) is 0 Å². The van der Waals surface area contributed by atoms with E-state index in [9.17, 15) is 23.2 Å². The smallest absolute Gasteiger partial charge is 0.324 e. The van der Waals surface area contributed by atoms with E-state index in [2.05, 4.69) is 5.32 Å². The first-order chi connectivity index (χ1) is 9.86. The van der Waals surface area contributed by atoms with Crippen molar-refractivity contribution in [2.45, 2.75) is 6.54 Å². The van der Waals surface area contributed by atoms with Gasteiger partial charge in [0, 0.05) is 18.0 Å². The molecule has 0 saturated heterocycles. The van der Waals surface area contributed by atoms with Crippen LogP contribution in [-0.2, 0) is 11.3 Å². The number of benzene rings is 1. The Balaban J connectivity index is 2.15. The molecule has 1 aromatic heterocycles. The molecule has 21 heavy (non-hydrogen) atoms. The summed E-state index contributed by atoms with van der Waals surface area (Å²) in [4.78, 5) is 36.0. The predicted octanol–water partition coefficient (Wildman–Crippen LogP) is 1.06. The van der Waals surface area contributed by atoms with E-state index in [1.54, 1.807) is 0 Å². The van der Waals surface area contributed by atoms with E-state index in [1.807, 2.05) is 4.98 Å². The van der Waals surface area contributed by atoms with Gasteiger partial charge in [-0.3, -0.25) is 19.1 Å². The molecule has 9 heteroatoms. The van der Waals surface area contributed by atoms with Crippen molar-refractivity contribution in [3.05, 3.63) is 60.4 Å². The van der Waals surface area contributed by atoms with E-state index in [-0.39, 0.29) is 9.26 Å². The highest BCUT2D eigenvalue weighted by molar-refractivity contribution is 14.1. The molecular weight excluding hydrogens is 399 g/mol. The lowest BCUT2D eigenvalue weighted by Crippen LogP contribution is -2.32. The number of hydrogen-bond acceptors (Lipinski definition) is 3. The van der Waals surface area contributed by atoms with Crippen molar-refractivity contribution in [2.75, 3.05) is 5.32 Å². The number of hydrogen-bond donors (Lipinski definition) is 2. The number of halogens is 3. The van der Waals surface area contributed by atoms with Gasteiger partial charge in [-0.2, -0.15) is 0 Å². The molecule has 1 aromatic carbocycles. The standard InChI is InChI=1S/C12H8F2IN3O3/c13-7-3-6(4-8(14)11(7)15)16-10(20)5-18-2-1-9(19)17-12(18)21/h1-4H,5H2,(H,16,20)(H,17,19,21). The van der Waals surface area contributed by atoms with E-state index in [0.717, 1.165) is 29.0 Å². The summed E-state index contributed by atoms with van der Waals surface area (Å²) in [6, 6.07) is 3.02. The molecule has 1 heterocycles. The third-order valence-corrected chi connectivity index (χ3v) is 3.51. The zero-order valence-corrected chi connectivity index (χ0v) is 12.5. The molecule has 110 valence electrons. The fraction of sp³-hybridized carbons (Fsp3) is 0.0833. The van der Waals surface area contributed by atoms with Gasteiger partial charge in [0.25, 0.3) is 5.56 Å². The Labute approximate surface area is 129 Å². The molecule has 0 aliphatic rings. The molecule has 2 N–H and O–H groups in total. The van der Waals surface area contributed by atoms with Crippen molar-refractivity contribution in [3.63, 3.8) is 0 Å². The van der Waals surface area contributed by atoms with Gasteiger partial charge in [0.15, 0.2) is 0 Å². The van der Waals surface area contributed by atoms with E-state index >= 15 is 0 Å². The van der Waals surface area contributed by atoms with Gasteiger partial charge in [-0.1, -0.05) is 0 Å². The maximum absolute atomic E-state index is 13.3. The minimum absolute atomic E-state index is 0.0621. The number of amides is 1.